The van der Waals surface area contributed by atoms with Crippen LogP contribution in [0.15, 0.2) is 70.6 Å². The SMILES string of the molecule is Cc1cc(Sc2ccccc2N)n2nc(-c3ccccc3)nc2n1. The van der Waals surface area contributed by atoms with E-state index in [4.69, 9.17) is 5.73 Å². The Bertz CT molecular complexity index is 1010. The molecule has 6 heteroatoms. The van der Waals surface area contributed by atoms with Gasteiger partial charge in [0.15, 0.2) is 5.82 Å². The zero-order chi connectivity index (χ0) is 16.5. The molecule has 0 amide bonds. The first-order chi connectivity index (χ1) is 11.7. The highest BCUT2D eigenvalue weighted by Gasteiger charge is 2.13. The second-order valence-electron chi connectivity index (χ2n) is 5.39. The van der Waals surface area contributed by atoms with Crippen molar-refractivity contribution in [2.75, 3.05) is 5.73 Å². The maximum absolute atomic E-state index is 6.07. The molecule has 2 aromatic heterocycles. The predicted molar refractivity (Wildman–Crippen MR) is 95.9 cm³/mol. The van der Waals surface area contributed by atoms with E-state index in [0.717, 1.165) is 26.9 Å². The van der Waals surface area contributed by atoms with Crippen molar-refractivity contribution >= 4 is 23.2 Å². The number of aryl methyl sites for hydroxylation is 1. The van der Waals surface area contributed by atoms with Gasteiger partial charge in [-0.25, -0.2) is 4.98 Å². The van der Waals surface area contributed by atoms with Gasteiger partial charge in [0.1, 0.15) is 5.03 Å². The largest absolute Gasteiger partial charge is 0.398 e. The highest BCUT2D eigenvalue weighted by Crippen LogP contribution is 2.32. The molecule has 118 valence electrons. The molecule has 0 fully saturated rings. The summed E-state index contributed by atoms with van der Waals surface area (Å²) in [5.74, 6) is 1.25. The van der Waals surface area contributed by atoms with Crippen LogP contribution < -0.4 is 5.73 Å². The fraction of sp³-hybridized carbons (Fsp3) is 0.0556. The molecular weight excluding hydrogens is 318 g/mol. The number of benzene rings is 2. The molecule has 0 saturated carbocycles. The van der Waals surface area contributed by atoms with E-state index >= 15 is 0 Å². The highest BCUT2D eigenvalue weighted by atomic mass is 32.2. The normalized spacial score (nSPS) is 11.0. The molecule has 0 atom stereocenters. The first-order valence-electron chi connectivity index (χ1n) is 7.53. The Kier molecular flexibility index (Phi) is 3.66. The molecule has 0 radical (unpaired) electrons. The van der Waals surface area contributed by atoms with Crippen molar-refractivity contribution in [3.8, 4) is 11.4 Å². The van der Waals surface area contributed by atoms with Crippen LogP contribution in [-0.2, 0) is 0 Å². The number of nitrogens with zero attached hydrogens (tertiary/aromatic N) is 4. The summed E-state index contributed by atoms with van der Waals surface area (Å²) in [7, 11) is 0. The van der Waals surface area contributed by atoms with Gasteiger partial charge in [0.25, 0.3) is 5.78 Å². The van der Waals surface area contributed by atoms with Crippen molar-refractivity contribution in [3.63, 3.8) is 0 Å². The van der Waals surface area contributed by atoms with Gasteiger partial charge >= 0.3 is 0 Å². The fourth-order valence-corrected chi connectivity index (χ4v) is 3.42. The lowest BCUT2D eigenvalue weighted by Gasteiger charge is -2.06. The summed E-state index contributed by atoms with van der Waals surface area (Å²) < 4.78 is 1.77. The molecule has 4 rings (SSSR count). The molecule has 5 nitrogen and oxygen atoms in total. The Morgan fingerprint density at radius 2 is 1.71 bits per heavy atom. The summed E-state index contributed by atoms with van der Waals surface area (Å²) in [6.07, 6.45) is 0. The van der Waals surface area contributed by atoms with Gasteiger partial charge in [0.2, 0.25) is 0 Å². The lowest BCUT2D eigenvalue weighted by Crippen LogP contribution is -1.98. The number of anilines is 1. The molecule has 24 heavy (non-hydrogen) atoms. The molecule has 0 aliphatic heterocycles. The highest BCUT2D eigenvalue weighted by molar-refractivity contribution is 7.99. The number of hydrogen-bond acceptors (Lipinski definition) is 5. The van der Waals surface area contributed by atoms with Crippen molar-refractivity contribution in [2.24, 2.45) is 0 Å². The first kappa shape index (κ1) is 14.7. The lowest BCUT2D eigenvalue weighted by molar-refractivity contribution is 0.836. The van der Waals surface area contributed by atoms with Gasteiger partial charge in [0.05, 0.1) is 0 Å². The molecule has 0 aliphatic rings. The zero-order valence-corrected chi connectivity index (χ0v) is 13.9. The van der Waals surface area contributed by atoms with Crippen molar-refractivity contribution in [1.29, 1.82) is 0 Å². The minimum atomic E-state index is 0.589. The average Bonchev–Trinajstić information content (AvgIpc) is 3.02. The minimum absolute atomic E-state index is 0.589. The second-order valence-corrected chi connectivity index (χ2v) is 6.45. The summed E-state index contributed by atoms with van der Waals surface area (Å²) >= 11 is 1.56. The smallest absolute Gasteiger partial charge is 0.254 e. The van der Waals surface area contributed by atoms with Crippen LogP contribution in [0.5, 0.6) is 0 Å². The summed E-state index contributed by atoms with van der Waals surface area (Å²) in [5.41, 5.74) is 8.67. The maximum Gasteiger partial charge on any atom is 0.254 e. The van der Waals surface area contributed by atoms with E-state index in [0.29, 0.717) is 11.6 Å². The Balaban J connectivity index is 1.83. The van der Waals surface area contributed by atoms with E-state index in [-0.39, 0.29) is 0 Å². The molecule has 2 heterocycles. The Hall–Kier alpha value is -2.86. The number of hydrogen-bond donors (Lipinski definition) is 1. The van der Waals surface area contributed by atoms with Gasteiger partial charge in [-0.3, -0.25) is 0 Å². The second kappa shape index (κ2) is 5.98. The van der Waals surface area contributed by atoms with E-state index in [2.05, 4.69) is 15.1 Å². The number of aromatic nitrogens is 4. The van der Waals surface area contributed by atoms with Crippen LogP contribution in [-0.4, -0.2) is 19.6 Å². The van der Waals surface area contributed by atoms with E-state index in [1.54, 1.807) is 16.3 Å². The van der Waals surface area contributed by atoms with Crippen molar-refractivity contribution in [3.05, 3.63) is 66.4 Å². The molecule has 2 aromatic carbocycles. The van der Waals surface area contributed by atoms with Gasteiger partial charge < -0.3 is 5.73 Å². The number of fused-ring (bicyclic) bond motifs is 1. The molecule has 0 spiro atoms. The molecule has 0 saturated heterocycles. The Labute approximate surface area is 143 Å². The number of para-hydroxylation sites is 1. The van der Waals surface area contributed by atoms with Crippen LogP contribution >= 0.6 is 11.8 Å². The van der Waals surface area contributed by atoms with Crippen LogP contribution in [0, 0.1) is 6.92 Å². The van der Waals surface area contributed by atoms with Crippen LogP contribution in [0.2, 0.25) is 0 Å². The van der Waals surface area contributed by atoms with Gasteiger partial charge in [-0.15, -0.1) is 5.10 Å². The Morgan fingerprint density at radius 1 is 0.958 bits per heavy atom. The molecule has 0 unspecified atom stereocenters. The molecule has 4 aromatic rings. The third-order valence-electron chi connectivity index (χ3n) is 3.57. The van der Waals surface area contributed by atoms with Gasteiger partial charge in [-0.2, -0.15) is 9.50 Å². The van der Waals surface area contributed by atoms with Crippen LogP contribution in [0.1, 0.15) is 5.69 Å². The maximum atomic E-state index is 6.07. The van der Waals surface area contributed by atoms with Gasteiger partial charge in [0, 0.05) is 21.8 Å². The van der Waals surface area contributed by atoms with E-state index in [1.807, 2.05) is 67.6 Å². The van der Waals surface area contributed by atoms with Crippen LogP contribution in [0.3, 0.4) is 0 Å². The fourth-order valence-electron chi connectivity index (χ4n) is 2.42. The number of rotatable bonds is 3. The molecule has 0 bridgehead atoms. The Morgan fingerprint density at radius 3 is 2.50 bits per heavy atom. The monoisotopic (exact) mass is 333 g/mol. The van der Waals surface area contributed by atoms with Gasteiger partial charge in [-0.1, -0.05) is 54.2 Å². The predicted octanol–water partition coefficient (Wildman–Crippen LogP) is 3.83. The quantitative estimate of drug-likeness (QED) is 0.456. The molecule has 2 N–H and O–H groups in total. The van der Waals surface area contributed by atoms with E-state index in [9.17, 15) is 0 Å². The summed E-state index contributed by atoms with van der Waals surface area (Å²) in [6, 6.07) is 19.7. The topological polar surface area (TPSA) is 69.1 Å². The van der Waals surface area contributed by atoms with E-state index in [1.165, 1.54) is 0 Å². The van der Waals surface area contributed by atoms with Crippen LogP contribution in [0.25, 0.3) is 17.2 Å². The average molecular weight is 333 g/mol. The third-order valence-corrected chi connectivity index (χ3v) is 4.66. The van der Waals surface area contributed by atoms with Crippen molar-refractivity contribution < 1.29 is 0 Å². The minimum Gasteiger partial charge on any atom is -0.398 e. The zero-order valence-electron chi connectivity index (χ0n) is 13.0. The number of nitrogens with two attached hydrogens (primary N) is 1. The summed E-state index contributed by atoms with van der Waals surface area (Å²) in [4.78, 5) is 10.0. The van der Waals surface area contributed by atoms with Crippen molar-refractivity contribution in [2.45, 2.75) is 16.8 Å². The first-order valence-corrected chi connectivity index (χ1v) is 8.34. The summed E-state index contributed by atoms with van der Waals surface area (Å²) in [5, 5.41) is 5.57. The standard InChI is InChI=1S/C18H15N5S/c1-12-11-16(24-15-10-6-5-9-14(15)19)23-18(20-12)21-17(22-23)13-7-3-2-4-8-13/h2-11H,19H2,1H3. The lowest BCUT2D eigenvalue weighted by atomic mass is 10.2. The van der Waals surface area contributed by atoms with Crippen molar-refractivity contribution in [1.82, 2.24) is 19.6 Å². The van der Waals surface area contributed by atoms with Gasteiger partial charge in [-0.05, 0) is 25.1 Å². The van der Waals surface area contributed by atoms with E-state index < -0.39 is 0 Å². The molecular formula is C18H15N5S. The third kappa shape index (κ3) is 2.72. The van der Waals surface area contributed by atoms with Crippen LogP contribution in [0.4, 0.5) is 5.69 Å². The number of nitrogen functional groups attached to an aromatic ring is 1. The summed E-state index contributed by atoms with van der Waals surface area (Å²) in [6.45, 7) is 1.95. The molecule has 0 aliphatic carbocycles.